The summed E-state index contributed by atoms with van der Waals surface area (Å²) in [5.41, 5.74) is 6.81. The molecule has 19 heavy (non-hydrogen) atoms. The standard InChI is InChI=1S/C13H15N3O3/c1-8-15-11(13(17)19-3)12(14)16(8)9-6-4-5-7-10(9)18-2/h4-7H,14H2,1-3H3. The average Bonchev–Trinajstić information content (AvgIpc) is 2.73. The second-order valence-electron chi connectivity index (χ2n) is 3.89. The Morgan fingerprint density at radius 1 is 1.32 bits per heavy atom. The molecule has 100 valence electrons. The second kappa shape index (κ2) is 5.01. The van der Waals surface area contributed by atoms with Crippen LogP contribution < -0.4 is 10.5 Å². The van der Waals surface area contributed by atoms with E-state index in [1.165, 1.54) is 7.11 Å². The van der Waals surface area contributed by atoms with Crippen molar-refractivity contribution in [2.75, 3.05) is 20.0 Å². The average molecular weight is 261 g/mol. The molecule has 1 aromatic carbocycles. The van der Waals surface area contributed by atoms with Gasteiger partial charge in [0.1, 0.15) is 17.4 Å². The van der Waals surface area contributed by atoms with Crippen molar-refractivity contribution in [3.63, 3.8) is 0 Å². The molecule has 0 spiro atoms. The minimum atomic E-state index is -0.561. The van der Waals surface area contributed by atoms with Gasteiger partial charge in [0.05, 0.1) is 19.9 Å². The van der Waals surface area contributed by atoms with Gasteiger partial charge in [-0.25, -0.2) is 9.78 Å². The maximum absolute atomic E-state index is 11.6. The number of ether oxygens (including phenoxy) is 2. The quantitative estimate of drug-likeness (QED) is 0.848. The molecule has 6 heteroatoms. The number of aromatic nitrogens is 2. The number of para-hydroxylation sites is 2. The zero-order valence-corrected chi connectivity index (χ0v) is 11.0. The van der Waals surface area contributed by atoms with E-state index in [4.69, 9.17) is 10.5 Å². The number of nitrogens with two attached hydrogens (primary N) is 1. The Morgan fingerprint density at radius 2 is 2.00 bits per heavy atom. The van der Waals surface area contributed by atoms with Gasteiger partial charge in [0.15, 0.2) is 5.69 Å². The minimum Gasteiger partial charge on any atom is -0.495 e. The number of hydrogen-bond acceptors (Lipinski definition) is 5. The zero-order valence-electron chi connectivity index (χ0n) is 11.0. The van der Waals surface area contributed by atoms with E-state index in [2.05, 4.69) is 9.72 Å². The number of imidazole rings is 1. The number of nitrogens with zero attached hydrogens (tertiary/aromatic N) is 2. The second-order valence-corrected chi connectivity index (χ2v) is 3.89. The Kier molecular flexibility index (Phi) is 3.41. The molecule has 0 atom stereocenters. The molecule has 1 aromatic heterocycles. The van der Waals surface area contributed by atoms with E-state index in [1.54, 1.807) is 18.6 Å². The van der Waals surface area contributed by atoms with Crippen molar-refractivity contribution in [3.05, 3.63) is 35.8 Å². The summed E-state index contributed by atoms with van der Waals surface area (Å²) >= 11 is 0. The van der Waals surface area contributed by atoms with Crippen LogP contribution in [-0.2, 0) is 4.74 Å². The largest absolute Gasteiger partial charge is 0.495 e. The van der Waals surface area contributed by atoms with E-state index in [-0.39, 0.29) is 11.5 Å². The van der Waals surface area contributed by atoms with Gasteiger partial charge in [0, 0.05) is 0 Å². The number of benzene rings is 1. The van der Waals surface area contributed by atoms with Crippen molar-refractivity contribution in [2.45, 2.75) is 6.92 Å². The third-order valence-electron chi connectivity index (χ3n) is 2.79. The summed E-state index contributed by atoms with van der Waals surface area (Å²) in [4.78, 5) is 15.7. The molecule has 2 aromatic rings. The Labute approximate surface area is 110 Å². The van der Waals surface area contributed by atoms with Crippen LogP contribution in [0.3, 0.4) is 0 Å². The maximum Gasteiger partial charge on any atom is 0.360 e. The highest BCUT2D eigenvalue weighted by atomic mass is 16.5. The number of anilines is 1. The van der Waals surface area contributed by atoms with Gasteiger partial charge in [-0.1, -0.05) is 12.1 Å². The fourth-order valence-corrected chi connectivity index (χ4v) is 1.91. The van der Waals surface area contributed by atoms with Gasteiger partial charge in [-0.05, 0) is 19.1 Å². The molecule has 0 saturated carbocycles. The fraction of sp³-hybridized carbons (Fsp3) is 0.231. The van der Waals surface area contributed by atoms with Crippen molar-refractivity contribution in [3.8, 4) is 11.4 Å². The van der Waals surface area contributed by atoms with Crippen LogP contribution in [-0.4, -0.2) is 29.7 Å². The summed E-state index contributed by atoms with van der Waals surface area (Å²) in [5, 5.41) is 0. The first-order valence-electron chi connectivity index (χ1n) is 5.66. The first-order chi connectivity index (χ1) is 9.10. The van der Waals surface area contributed by atoms with Gasteiger partial charge >= 0.3 is 5.97 Å². The van der Waals surface area contributed by atoms with E-state index in [1.807, 2.05) is 24.3 Å². The van der Waals surface area contributed by atoms with Crippen molar-refractivity contribution in [2.24, 2.45) is 0 Å². The van der Waals surface area contributed by atoms with Gasteiger partial charge < -0.3 is 15.2 Å². The molecule has 1 heterocycles. The van der Waals surface area contributed by atoms with Crippen molar-refractivity contribution < 1.29 is 14.3 Å². The number of methoxy groups -OCH3 is 2. The molecule has 0 unspecified atom stereocenters. The van der Waals surface area contributed by atoms with Crippen LogP contribution in [0.15, 0.2) is 24.3 Å². The summed E-state index contributed by atoms with van der Waals surface area (Å²) in [6, 6.07) is 7.36. The van der Waals surface area contributed by atoms with E-state index >= 15 is 0 Å². The lowest BCUT2D eigenvalue weighted by Gasteiger charge is -2.11. The molecule has 6 nitrogen and oxygen atoms in total. The SMILES string of the molecule is COC(=O)c1nc(C)n(-c2ccccc2OC)c1N. The number of aryl methyl sites for hydroxylation is 1. The van der Waals surface area contributed by atoms with Gasteiger partial charge in [-0.15, -0.1) is 0 Å². The summed E-state index contributed by atoms with van der Waals surface area (Å²) in [6.07, 6.45) is 0. The third-order valence-corrected chi connectivity index (χ3v) is 2.79. The van der Waals surface area contributed by atoms with Crippen LogP contribution in [0.5, 0.6) is 5.75 Å². The molecule has 2 N–H and O–H groups in total. The van der Waals surface area contributed by atoms with Crippen molar-refractivity contribution >= 4 is 11.8 Å². The van der Waals surface area contributed by atoms with E-state index in [9.17, 15) is 4.79 Å². The topological polar surface area (TPSA) is 79.4 Å². The lowest BCUT2D eigenvalue weighted by Crippen LogP contribution is -2.08. The monoisotopic (exact) mass is 261 g/mol. The number of carbonyl (C=O) groups excluding carboxylic acids is 1. The predicted octanol–water partition coefficient (Wildman–Crippen LogP) is 1.56. The molecule has 0 radical (unpaired) electrons. The van der Waals surface area contributed by atoms with E-state index in [0.29, 0.717) is 11.6 Å². The molecule has 0 fully saturated rings. The van der Waals surface area contributed by atoms with Crippen LogP contribution in [0.1, 0.15) is 16.3 Å². The van der Waals surface area contributed by atoms with Gasteiger partial charge in [-0.3, -0.25) is 4.57 Å². The first kappa shape index (κ1) is 12.9. The summed E-state index contributed by atoms with van der Waals surface area (Å²) in [5.74, 6) is 0.900. The Bertz CT molecular complexity index is 620. The molecular weight excluding hydrogens is 246 g/mol. The summed E-state index contributed by atoms with van der Waals surface area (Å²) in [6.45, 7) is 1.76. The molecule has 0 aliphatic heterocycles. The van der Waals surface area contributed by atoms with Crippen molar-refractivity contribution in [1.29, 1.82) is 0 Å². The highest BCUT2D eigenvalue weighted by molar-refractivity contribution is 5.92. The maximum atomic E-state index is 11.6. The Balaban J connectivity index is 2.63. The summed E-state index contributed by atoms with van der Waals surface area (Å²) in [7, 11) is 2.86. The van der Waals surface area contributed by atoms with E-state index < -0.39 is 5.97 Å². The van der Waals surface area contributed by atoms with Crippen LogP contribution in [0.2, 0.25) is 0 Å². The molecular formula is C13H15N3O3. The first-order valence-corrected chi connectivity index (χ1v) is 5.66. The number of esters is 1. The van der Waals surface area contributed by atoms with Crippen LogP contribution in [0, 0.1) is 6.92 Å². The van der Waals surface area contributed by atoms with Gasteiger partial charge in [0.25, 0.3) is 0 Å². The number of nitrogen functional groups attached to an aromatic ring is 1. The zero-order chi connectivity index (χ0) is 14.0. The smallest absolute Gasteiger partial charge is 0.360 e. The number of carbonyl (C=O) groups is 1. The normalized spacial score (nSPS) is 10.3. The molecule has 2 rings (SSSR count). The fourth-order valence-electron chi connectivity index (χ4n) is 1.91. The predicted molar refractivity (Wildman–Crippen MR) is 70.6 cm³/mol. The van der Waals surface area contributed by atoms with Crippen LogP contribution >= 0.6 is 0 Å². The Morgan fingerprint density at radius 3 is 2.63 bits per heavy atom. The highest BCUT2D eigenvalue weighted by Crippen LogP contribution is 2.28. The lowest BCUT2D eigenvalue weighted by atomic mass is 10.3. The lowest BCUT2D eigenvalue weighted by molar-refractivity contribution is 0.0596. The molecule has 0 aliphatic rings. The van der Waals surface area contributed by atoms with Gasteiger partial charge in [-0.2, -0.15) is 0 Å². The van der Waals surface area contributed by atoms with Gasteiger partial charge in [0.2, 0.25) is 0 Å². The highest BCUT2D eigenvalue weighted by Gasteiger charge is 2.21. The molecule has 0 saturated heterocycles. The van der Waals surface area contributed by atoms with Crippen molar-refractivity contribution in [1.82, 2.24) is 9.55 Å². The Hall–Kier alpha value is -2.50. The summed E-state index contributed by atoms with van der Waals surface area (Å²) < 4.78 is 11.6. The molecule has 0 bridgehead atoms. The molecule has 0 amide bonds. The number of hydrogen-bond donors (Lipinski definition) is 1. The van der Waals surface area contributed by atoms with Crippen LogP contribution in [0.4, 0.5) is 5.82 Å². The van der Waals surface area contributed by atoms with E-state index in [0.717, 1.165) is 5.69 Å². The van der Waals surface area contributed by atoms with Crippen LogP contribution in [0.25, 0.3) is 5.69 Å². The number of rotatable bonds is 3. The third kappa shape index (κ3) is 2.12. The minimum absolute atomic E-state index is 0.103. The molecule has 0 aliphatic carbocycles.